The van der Waals surface area contributed by atoms with Crippen molar-refractivity contribution >= 4 is 45.4 Å². The van der Waals surface area contributed by atoms with E-state index >= 15 is 0 Å². The van der Waals surface area contributed by atoms with Crippen LogP contribution < -0.4 is 15.4 Å². The average Bonchev–Trinajstić information content (AvgIpc) is 2.87. The van der Waals surface area contributed by atoms with E-state index in [2.05, 4.69) is 16.7 Å². The number of rotatable bonds is 7. The van der Waals surface area contributed by atoms with Crippen molar-refractivity contribution in [1.82, 2.24) is 4.90 Å². The molecular weight excluding hydrogens is 436 g/mol. The maximum atomic E-state index is 12.5. The average molecular weight is 461 g/mol. The van der Waals surface area contributed by atoms with Crippen molar-refractivity contribution in [2.45, 2.75) is 32.1 Å². The van der Waals surface area contributed by atoms with Crippen LogP contribution in [0, 0.1) is 11.3 Å². The number of nitrogens with zero attached hydrogens (tertiary/aromatic N) is 2. The lowest BCUT2D eigenvalue weighted by molar-refractivity contribution is -0.119. The predicted molar refractivity (Wildman–Crippen MR) is 123 cm³/mol. The predicted octanol–water partition coefficient (Wildman–Crippen LogP) is 4.06. The second-order valence-electron chi connectivity index (χ2n) is 7.49. The smallest absolute Gasteiger partial charge is 0.239 e. The first-order valence-electron chi connectivity index (χ1n) is 10.1. The standard InChI is InChI=1S/C22H25ClN4O3S/c1-27(12-20(28)25-17-10-14(23)8-9-18(17)30-2)13-21(29)26-22-16(11-24)15-6-4-3-5-7-19(15)31-22/h8-10H,3-7,12-13H2,1-2H3,(H,25,28)(H,26,29). The van der Waals surface area contributed by atoms with Gasteiger partial charge in [0.2, 0.25) is 11.8 Å². The van der Waals surface area contributed by atoms with Crippen molar-refractivity contribution in [3.05, 3.63) is 39.2 Å². The van der Waals surface area contributed by atoms with Crippen LogP contribution in [-0.4, -0.2) is 44.0 Å². The molecule has 164 valence electrons. The Hall–Kier alpha value is -2.60. The normalized spacial score (nSPS) is 13.1. The number of benzene rings is 1. The summed E-state index contributed by atoms with van der Waals surface area (Å²) < 4.78 is 5.22. The van der Waals surface area contributed by atoms with Gasteiger partial charge in [0.25, 0.3) is 0 Å². The maximum absolute atomic E-state index is 12.5. The second kappa shape index (κ2) is 10.6. The number of amides is 2. The molecular formula is C22H25ClN4O3S. The largest absolute Gasteiger partial charge is 0.495 e. The highest BCUT2D eigenvalue weighted by molar-refractivity contribution is 7.16. The molecule has 0 aliphatic heterocycles. The van der Waals surface area contributed by atoms with E-state index in [1.807, 2.05) is 0 Å². The van der Waals surface area contributed by atoms with Gasteiger partial charge in [-0.25, -0.2) is 0 Å². The van der Waals surface area contributed by atoms with E-state index in [1.54, 1.807) is 30.1 Å². The number of fused-ring (bicyclic) bond motifs is 1. The van der Waals surface area contributed by atoms with E-state index < -0.39 is 0 Å². The summed E-state index contributed by atoms with van der Waals surface area (Å²) in [4.78, 5) is 27.7. The Kier molecular flexibility index (Phi) is 7.91. The number of hydrogen-bond acceptors (Lipinski definition) is 6. The first-order valence-corrected chi connectivity index (χ1v) is 11.3. The third-order valence-corrected chi connectivity index (χ3v) is 6.49. The Bertz CT molecular complexity index is 1010. The van der Waals surface area contributed by atoms with Crippen LogP contribution in [0.4, 0.5) is 10.7 Å². The molecule has 1 heterocycles. The van der Waals surface area contributed by atoms with Gasteiger partial charge in [-0.2, -0.15) is 5.26 Å². The number of anilines is 2. The summed E-state index contributed by atoms with van der Waals surface area (Å²) in [5.74, 6) is -0.0559. The molecule has 1 aromatic heterocycles. The molecule has 7 nitrogen and oxygen atoms in total. The Morgan fingerprint density at radius 3 is 2.61 bits per heavy atom. The van der Waals surface area contributed by atoms with Crippen molar-refractivity contribution < 1.29 is 14.3 Å². The van der Waals surface area contributed by atoms with E-state index in [4.69, 9.17) is 16.3 Å². The highest BCUT2D eigenvalue weighted by Gasteiger charge is 2.21. The third-order valence-electron chi connectivity index (χ3n) is 5.05. The molecule has 1 aromatic carbocycles. The first kappa shape index (κ1) is 23.1. The van der Waals surface area contributed by atoms with Crippen molar-refractivity contribution in [3.8, 4) is 11.8 Å². The molecule has 0 radical (unpaired) electrons. The van der Waals surface area contributed by atoms with Crippen LogP contribution in [0.5, 0.6) is 5.75 Å². The SMILES string of the molecule is COc1ccc(Cl)cc1NC(=O)CN(C)CC(=O)Nc1sc2c(c1C#N)CCCCC2. The molecule has 2 aromatic rings. The molecule has 1 aliphatic rings. The molecule has 0 saturated carbocycles. The number of halogens is 1. The lowest BCUT2D eigenvalue weighted by atomic mass is 10.1. The quantitative estimate of drug-likeness (QED) is 0.607. The van der Waals surface area contributed by atoms with Crippen LogP contribution in [0.2, 0.25) is 5.02 Å². The minimum atomic E-state index is -0.295. The van der Waals surface area contributed by atoms with Crippen molar-refractivity contribution in [2.24, 2.45) is 0 Å². The highest BCUT2D eigenvalue weighted by atomic mass is 35.5. The Labute approximate surface area is 190 Å². The van der Waals surface area contributed by atoms with Crippen LogP contribution in [0.25, 0.3) is 0 Å². The monoisotopic (exact) mass is 460 g/mol. The summed E-state index contributed by atoms with van der Waals surface area (Å²) in [5, 5.41) is 16.3. The lowest BCUT2D eigenvalue weighted by Gasteiger charge is -2.17. The minimum Gasteiger partial charge on any atom is -0.495 e. The number of nitrogens with one attached hydrogen (secondary N) is 2. The van der Waals surface area contributed by atoms with Gasteiger partial charge in [-0.1, -0.05) is 18.0 Å². The summed E-state index contributed by atoms with van der Waals surface area (Å²) in [6, 6.07) is 7.21. The van der Waals surface area contributed by atoms with Crippen molar-refractivity contribution in [1.29, 1.82) is 5.26 Å². The van der Waals surface area contributed by atoms with Gasteiger partial charge in [0.05, 0.1) is 31.5 Å². The zero-order valence-electron chi connectivity index (χ0n) is 17.6. The van der Waals surface area contributed by atoms with Gasteiger partial charge in [0.15, 0.2) is 0 Å². The van der Waals surface area contributed by atoms with Crippen molar-refractivity contribution in [2.75, 3.05) is 37.9 Å². The van der Waals surface area contributed by atoms with Crippen molar-refractivity contribution in [3.63, 3.8) is 0 Å². The van der Waals surface area contributed by atoms with E-state index in [0.717, 1.165) is 31.2 Å². The number of hydrogen-bond donors (Lipinski definition) is 2. The minimum absolute atomic E-state index is 0.00906. The maximum Gasteiger partial charge on any atom is 0.239 e. The number of carbonyl (C=O) groups excluding carboxylic acids is 2. The zero-order valence-corrected chi connectivity index (χ0v) is 19.2. The summed E-state index contributed by atoms with van der Waals surface area (Å²) in [6.07, 6.45) is 5.19. The number of aryl methyl sites for hydroxylation is 1. The topological polar surface area (TPSA) is 94.5 Å². The number of likely N-dealkylation sites (N-methyl/N-ethyl adjacent to an activating group) is 1. The number of ether oxygens (including phenoxy) is 1. The molecule has 0 bridgehead atoms. The van der Waals surface area contributed by atoms with Crippen LogP contribution in [0.15, 0.2) is 18.2 Å². The molecule has 9 heteroatoms. The van der Waals surface area contributed by atoms with Gasteiger partial charge in [0.1, 0.15) is 16.8 Å². The molecule has 2 amide bonds. The van der Waals surface area contributed by atoms with Gasteiger partial charge < -0.3 is 15.4 Å². The van der Waals surface area contributed by atoms with Gasteiger partial charge in [0, 0.05) is 9.90 Å². The summed E-state index contributed by atoms with van der Waals surface area (Å²) in [5.41, 5.74) is 2.14. The van der Waals surface area contributed by atoms with Crippen LogP contribution in [0.3, 0.4) is 0 Å². The Balaban J connectivity index is 1.57. The zero-order chi connectivity index (χ0) is 22.4. The van der Waals surface area contributed by atoms with Gasteiger partial charge in [-0.15, -0.1) is 11.3 Å². The van der Waals surface area contributed by atoms with Gasteiger partial charge in [-0.05, 0) is 56.5 Å². The van der Waals surface area contributed by atoms with Crippen LogP contribution >= 0.6 is 22.9 Å². The molecule has 3 rings (SSSR count). The van der Waals surface area contributed by atoms with Gasteiger partial charge in [-0.3, -0.25) is 14.5 Å². The summed E-state index contributed by atoms with van der Waals surface area (Å²) in [6.45, 7) is 0.0304. The highest BCUT2D eigenvalue weighted by Crippen LogP contribution is 2.37. The van der Waals surface area contributed by atoms with E-state index in [0.29, 0.717) is 27.0 Å². The van der Waals surface area contributed by atoms with E-state index in [9.17, 15) is 14.9 Å². The number of nitriles is 1. The number of methoxy groups -OCH3 is 1. The number of thiophene rings is 1. The molecule has 0 unspecified atom stereocenters. The van der Waals surface area contributed by atoms with E-state index in [1.165, 1.54) is 29.7 Å². The molecule has 31 heavy (non-hydrogen) atoms. The molecule has 0 spiro atoms. The third kappa shape index (κ3) is 5.97. The van der Waals surface area contributed by atoms with Crippen LogP contribution in [0.1, 0.15) is 35.3 Å². The fourth-order valence-corrected chi connectivity index (χ4v) is 5.06. The molecule has 2 N–H and O–H groups in total. The second-order valence-corrected chi connectivity index (χ2v) is 9.04. The molecule has 0 saturated heterocycles. The lowest BCUT2D eigenvalue weighted by Crippen LogP contribution is -2.36. The fraction of sp³-hybridized carbons (Fsp3) is 0.409. The molecule has 1 aliphatic carbocycles. The first-order chi connectivity index (χ1) is 14.9. The van der Waals surface area contributed by atoms with Gasteiger partial charge >= 0.3 is 0 Å². The Morgan fingerprint density at radius 1 is 1.19 bits per heavy atom. The Morgan fingerprint density at radius 2 is 1.90 bits per heavy atom. The molecule has 0 fully saturated rings. The molecule has 0 atom stereocenters. The number of carbonyl (C=O) groups is 2. The van der Waals surface area contributed by atoms with E-state index in [-0.39, 0.29) is 24.9 Å². The van der Waals surface area contributed by atoms with Crippen LogP contribution in [-0.2, 0) is 22.4 Å². The summed E-state index contributed by atoms with van der Waals surface area (Å²) in [7, 11) is 3.19. The fourth-order valence-electron chi connectivity index (χ4n) is 3.63. The summed E-state index contributed by atoms with van der Waals surface area (Å²) >= 11 is 7.49.